The topological polar surface area (TPSA) is 76.7 Å². The van der Waals surface area contributed by atoms with Crippen LogP contribution in [0.15, 0.2) is 78.9 Å². The van der Waals surface area contributed by atoms with Gasteiger partial charge in [-0.15, -0.1) is 0 Å². The van der Waals surface area contributed by atoms with Crippen molar-refractivity contribution < 1.29 is 19.1 Å². The lowest BCUT2D eigenvalue weighted by Crippen LogP contribution is -2.32. The fourth-order valence-corrected chi connectivity index (χ4v) is 4.65. The number of halogens is 2. The van der Waals surface area contributed by atoms with Crippen molar-refractivity contribution in [2.24, 2.45) is 0 Å². The highest BCUT2D eigenvalue weighted by molar-refractivity contribution is 6.13. The number of carbonyl (C=O) groups excluding carboxylic acids is 2. The van der Waals surface area contributed by atoms with Gasteiger partial charge in [0.2, 0.25) is 0 Å². The zero-order valence-electron chi connectivity index (χ0n) is 21.4. The summed E-state index contributed by atoms with van der Waals surface area (Å²) in [5.41, 5.74) is 1.91. The number of nitrogens with one attached hydrogen (secondary N) is 2. The second-order valence-corrected chi connectivity index (χ2v) is 9.47. The van der Waals surface area contributed by atoms with Crippen molar-refractivity contribution in [3.8, 4) is 5.75 Å². The highest BCUT2D eigenvalue weighted by Crippen LogP contribution is 2.29. The Morgan fingerprint density at radius 1 is 0.744 bits per heavy atom. The summed E-state index contributed by atoms with van der Waals surface area (Å²) in [4.78, 5) is 30.3. The average molecular weight is 565 g/mol. The van der Waals surface area contributed by atoms with Gasteiger partial charge in [-0.1, -0.05) is 66.7 Å². The third-order valence-corrected chi connectivity index (χ3v) is 6.69. The molecule has 0 saturated heterocycles. The number of fused-ring (bicyclic) bond motifs is 2. The molecule has 1 aliphatic carbocycles. The largest absolute Gasteiger partial charge is 0.496 e. The monoisotopic (exact) mass is 564 g/mol. The third kappa shape index (κ3) is 7.80. The summed E-state index contributed by atoms with van der Waals surface area (Å²) in [7, 11) is 0. The van der Waals surface area contributed by atoms with E-state index >= 15 is 0 Å². The molecule has 0 unspecified atom stereocenters. The van der Waals surface area contributed by atoms with E-state index in [1.807, 2.05) is 66.7 Å². The summed E-state index contributed by atoms with van der Waals surface area (Å²) in [6, 6.07) is 19.6. The van der Waals surface area contributed by atoms with E-state index < -0.39 is 0 Å². The van der Waals surface area contributed by atoms with Crippen LogP contribution in [0.3, 0.4) is 0 Å². The van der Waals surface area contributed by atoms with Crippen LogP contribution in [0.4, 0.5) is 0 Å². The molecule has 0 spiro atoms. The number of hydrogen-bond acceptors (Lipinski definition) is 6. The molecule has 39 heavy (non-hydrogen) atoms. The van der Waals surface area contributed by atoms with Crippen LogP contribution in [-0.2, 0) is 14.3 Å². The standard InChI is InChI=1S/C31H30Cl2N2O4/c32-34-17-19-38-30-15-11-22(26-5-1-3-7-28(26)30)9-13-24(36)21-25(37)14-10-23-12-16-31(39-20-18-35-33)29-8-4-2-6-27(23)29/h1-11,13-15,34-35H,12,16-21H2/b13-9+,14-10+. The summed E-state index contributed by atoms with van der Waals surface area (Å²) in [5, 5.41) is 3.94. The number of hydrogen-bond donors (Lipinski definition) is 2. The Hall–Kier alpha value is -3.42. The predicted molar refractivity (Wildman–Crippen MR) is 158 cm³/mol. The van der Waals surface area contributed by atoms with Crippen LogP contribution in [0, 0.1) is 0 Å². The normalized spacial score (nSPS) is 13.3. The molecule has 6 nitrogen and oxygen atoms in total. The minimum atomic E-state index is -0.256. The van der Waals surface area contributed by atoms with Gasteiger partial charge in [0.15, 0.2) is 11.6 Å². The van der Waals surface area contributed by atoms with Crippen molar-refractivity contribution in [1.82, 2.24) is 9.67 Å². The van der Waals surface area contributed by atoms with Gasteiger partial charge in [-0.3, -0.25) is 9.59 Å². The van der Waals surface area contributed by atoms with E-state index in [1.165, 1.54) is 12.2 Å². The molecule has 3 aromatic carbocycles. The Labute approximate surface area is 237 Å². The van der Waals surface area contributed by atoms with Gasteiger partial charge in [0.25, 0.3) is 0 Å². The lowest BCUT2D eigenvalue weighted by molar-refractivity contribution is -0.121. The minimum absolute atomic E-state index is 0.196. The van der Waals surface area contributed by atoms with Gasteiger partial charge < -0.3 is 9.47 Å². The number of ether oxygens (including phenoxy) is 2. The number of ketones is 2. The molecule has 202 valence electrons. The lowest BCUT2D eigenvalue weighted by Gasteiger charge is -2.16. The van der Waals surface area contributed by atoms with Gasteiger partial charge in [0.05, 0.1) is 6.42 Å². The molecule has 4 rings (SSSR count). The molecule has 0 amide bonds. The van der Waals surface area contributed by atoms with E-state index in [0.29, 0.717) is 26.3 Å². The van der Waals surface area contributed by atoms with Gasteiger partial charge >= 0.3 is 0 Å². The summed E-state index contributed by atoms with van der Waals surface area (Å²) in [6.45, 7) is 1.97. The average Bonchev–Trinajstić information content (AvgIpc) is 2.96. The van der Waals surface area contributed by atoms with Crippen molar-refractivity contribution in [1.29, 1.82) is 0 Å². The molecule has 0 aromatic heterocycles. The van der Waals surface area contributed by atoms with Crippen LogP contribution >= 0.6 is 23.6 Å². The molecule has 1 aliphatic rings. The smallest absolute Gasteiger partial charge is 0.163 e. The summed E-state index contributed by atoms with van der Waals surface area (Å²) >= 11 is 11.0. The van der Waals surface area contributed by atoms with E-state index in [-0.39, 0.29) is 18.0 Å². The maximum absolute atomic E-state index is 12.6. The molecule has 8 heteroatoms. The third-order valence-electron chi connectivity index (χ3n) is 6.31. The van der Waals surface area contributed by atoms with E-state index in [9.17, 15) is 9.59 Å². The van der Waals surface area contributed by atoms with Crippen LogP contribution in [0.25, 0.3) is 28.2 Å². The van der Waals surface area contributed by atoms with Gasteiger partial charge in [-0.05, 0) is 69.9 Å². The maximum Gasteiger partial charge on any atom is 0.163 e. The second kappa shape index (κ2) is 14.7. The van der Waals surface area contributed by atoms with E-state index in [4.69, 9.17) is 33.0 Å². The van der Waals surface area contributed by atoms with Gasteiger partial charge in [0.1, 0.15) is 24.7 Å². The van der Waals surface area contributed by atoms with Crippen LogP contribution in [0.5, 0.6) is 5.75 Å². The zero-order valence-corrected chi connectivity index (χ0v) is 22.9. The summed E-state index contributed by atoms with van der Waals surface area (Å²) in [6.07, 6.45) is 7.81. The maximum atomic E-state index is 12.6. The molecule has 0 bridgehead atoms. The minimum Gasteiger partial charge on any atom is -0.496 e. The molecule has 0 atom stereocenters. The van der Waals surface area contributed by atoms with Crippen LogP contribution in [-0.4, -0.2) is 37.9 Å². The Bertz CT molecular complexity index is 1510. The molecule has 0 saturated carbocycles. The highest BCUT2D eigenvalue weighted by Gasteiger charge is 2.12. The van der Waals surface area contributed by atoms with Crippen molar-refractivity contribution in [3.63, 3.8) is 0 Å². The zero-order chi connectivity index (χ0) is 27.5. The quantitative estimate of drug-likeness (QED) is 0.129. The van der Waals surface area contributed by atoms with Gasteiger partial charge in [-0.2, -0.15) is 0 Å². The lowest BCUT2D eigenvalue weighted by atomic mass is 9.97. The molecular weight excluding hydrogens is 535 g/mol. The molecule has 2 N–H and O–H groups in total. The highest BCUT2D eigenvalue weighted by atomic mass is 35.5. The Balaban J connectivity index is 1.44. The fraction of sp³-hybridized carbons (Fsp3) is 0.226. The Kier molecular flexibility index (Phi) is 10.7. The van der Waals surface area contributed by atoms with Gasteiger partial charge in [0, 0.05) is 30.1 Å². The van der Waals surface area contributed by atoms with Crippen molar-refractivity contribution in [2.75, 3.05) is 26.3 Å². The number of rotatable bonds is 14. The first-order valence-electron chi connectivity index (χ1n) is 12.8. The molecular formula is C31H30Cl2N2O4. The van der Waals surface area contributed by atoms with E-state index in [0.717, 1.165) is 56.7 Å². The summed E-state index contributed by atoms with van der Waals surface area (Å²) < 4.78 is 11.7. The second-order valence-electron chi connectivity index (χ2n) is 8.93. The molecule has 0 aliphatic heterocycles. The summed E-state index contributed by atoms with van der Waals surface area (Å²) in [5.74, 6) is 1.16. The predicted octanol–water partition coefficient (Wildman–Crippen LogP) is 4.57. The SMILES string of the molecule is O=C(/C=C/C1=c2ccccc2=C(OCCNCl)CC1)CC(=O)/C=C/c1ccc(OCCNCl)c2ccccc12. The fourth-order valence-electron chi connectivity index (χ4n) is 4.49. The Morgan fingerprint density at radius 2 is 1.38 bits per heavy atom. The van der Waals surface area contributed by atoms with Gasteiger partial charge in [-0.25, -0.2) is 9.67 Å². The van der Waals surface area contributed by atoms with Crippen molar-refractivity contribution in [2.45, 2.75) is 19.3 Å². The van der Waals surface area contributed by atoms with Crippen molar-refractivity contribution >= 4 is 63.3 Å². The number of benzene rings is 3. The van der Waals surface area contributed by atoms with Crippen LogP contribution in [0.1, 0.15) is 24.8 Å². The molecule has 0 fully saturated rings. The molecule has 0 radical (unpaired) electrons. The first kappa shape index (κ1) is 28.6. The first-order valence-corrected chi connectivity index (χ1v) is 13.5. The van der Waals surface area contributed by atoms with Crippen molar-refractivity contribution in [3.05, 3.63) is 94.9 Å². The number of carbonyl (C=O) groups is 2. The molecule has 0 heterocycles. The molecule has 3 aromatic rings. The number of allylic oxidation sites excluding steroid dienone is 3. The van der Waals surface area contributed by atoms with E-state index in [2.05, 4.69) is 9.67 Å². The first-order chi connectivity index (χ1) is 19.1. The Morgan fingerprint density at radius 3 is 2.13 bits per heavy atom. The van der Waals surface area contributed by atoms with Crippen LogP contribution < -0.4 is 24.8 Å². The van der Waals surface area contributed by atoms with E-state index in [1.54, 1.807) is 6.08 Å². The van der Waals surface area contributed by atoms with Crippen LogP contribution in [0.2, 0.25) is 0 Å².